The van der Waals surface area contributed by atoms with E-state index in [-0.39, 0.29) is 11.3 Å². The Kier molecular flexibility index (Phi) is 7.95. The second-order valence-corrected chi connectivity index (χ2v) is 7.48. The van der Waals surface area contributed by atoms with E-state index in [1.54, 1.807) is 12.1 Å². The van der Waals surface area contributed by atoms with Gasteiger partial charge in [-0.1, -0.05) is 19.4 Å². The number of nitrogens with one attached hydrogen (secondary N) is 1. The van der Waals surface area contributed by atoms with Gasteiger partial charge in [0, 0.05) is 34.3 Å². The number of nitrogens with two attached hydrogens (primary N) is 1. The number of amides is 1. The van der Waals surface area contributed by atoms with Gasteiger partial charge in [0.2, 0.25) is 0 Å². The SMILES string of the molecule is CCCC1CCC1N.Cc1ccc(C(=O)Nc2cc(F)c(F)c(F)c2)cc1S. The molecule has 7 heteroatoms. The molecule has 3 rings (SSSR count). The number of aryl methyl sites for hydroxylation is 1. The zero-order valence-electron chi connectivity index (χ0n) is 15.9. The van der Waals surface area contributed by atoms with Gasteiger partial charge in [0.05, 0.1) is 0 Å². The predicted octanol–water partition coefficient (Wildman–Crippen LogP) is 5.48. The lowest BCUT2D eigenvalue weighted by Gasteiger charge is -2.33. The highest BCUT2D eigenvalue weighted by molar-refractivity contribution is 7.80. The van der Waals surface area contributed by atoms with Gasteiger partial charge < -0.3 is 11.1 Å². The Morgan fingerprint density at radius 1 is 1.18 bits per heavy atom. The summed E-state index contributed by atoms with van der Waals surface area (Å²) in [4.78, 5) is 12.5. The van der Waals surface area contributed by atoms with Crippen molar-refractivity contribution in [3.63, 3.8) is 0 Å². The van der Waals surface area contributed by atoms with Crippen LogP contribution >= 0.6 is 12.6 Å². The molecule has 2 atom stereocenters. The van der Waals surface area contributed by atoms with Crippen LogP contribution in [-0.2, 0) is 0 Å². The summed E-state index contributed by atoms with van der Waals surface area (Å²) in [6.07, 6.45) is 5.30. The number of hydrogen-bond donors (Lipinski definition) is 3. The zero-order valence-corrected chi connectivity index (χ0v) is 16.8. The first kappa shape index (κ1) is 22.3. The van der Waals surface area contributed by atoms with Crippen LogP contribution in [-0.4, -0.2) is 11.9 Å². The van der Waals surface area contributed by atoms with Crippen molar-refractivity contribution in [1.29, 1.82) is 0 Å². The Morgan fingerprint density at radius 3 is 2.25 bits per heavy atom. The lowest BCUT2D eigenvalue weighted by molar-refractivity contribution is 0.102. The Balaban J connectivity index is 0.000000292. The standard InChI is InChI=1S/C14H10F3NOS.C7H15N/c1-7-2-3-8(4-12(7)20)14(19)18-9-5-10(15)13(17)11(16)6-9;1-2-3-6-4-5-7(6)8/h2-6,20H,1H3,(H,18,19);6-7H,2-5,8H2,1H3. The summed E-state index contributed by atoms with van der Waals surface area (Å²) in [5, 5.41) is 2.29. The molecular formula is C21H25F3N2OS. The molecule has 3 nitrogen and oxygen atoms in total. The monoisotopic (exact) mass is 410 g/mol. The van der Waals surface area contributed by atoms with Crippen LogP contribution in [0.1, 0.15) is 48.5 Å². The van der Waals surface area contributed by atoms with Gasteiger partial charge in [-0.2, -0.15) is 0 Å². The van der Waals surface area contributed by atoms with E-state index in [4.69, 9.17) is 5.73 Å². The number of rotatable bonds is 4. The molecule has 1 aliphatic rings. The largest absolute Gasteiger partial charge is 0.327 e. The van der Waals surface area contributed by atoms with Crippen molar-refractivity contribution >= 4 is 24.2 Å². The summed E-state index contributed by atoms with van der Waals surface area (Å²) >= 11 is 4.18. The average molecular weight is 411 g/mol. The van der Waals surface area contributed by atoms with Crippen molar-refractivity contribution < 1.29 is 18.0 Å². The minimum Gasteiger partial charge on any atom is -0.327 e. The van der Waals surface area contributed by atoms with Crippen molar-refractivity contribution in [2.45, 2.75) is 50.5 Å². The fraction of sp³-hybridized carbons (Fsp3) is 0.381. The zero-order chi connectivity index (χ0) is 20.8. The normalized spacial score (nSPS) is 18.0. The molecule has 1 fully saturated rings. The molecule has 2 aromatic carbocycles. The fourth-order valence-electron chi connectivity index (χ4n) is 2.91. The van der Waals surface area contributed by atoms with E-state index < -0.39 is 23.4 Å². The second-order valence-electron chi connectivity index (χ2n) is 7.00. The molecule has 152 valence electrons. The van der Waals surface area contributed by atoms with Crippen LogP contribution in [0.25, 0.3) is 0 Å². The molecule has 0 radical (unpaired) electrons. The molecule has 28 heavy (non-hydrogen) atoms. The van der Waals surface area contributed by atoms with E-state index in [1.807, 2.05) is 6.92 Å². The average Bonchev–Trinajstić information content (AvgIpc) is 2.65. The van der Waals surface area contributed by atoms with E-state index in [0.717, 1.165) is 11.5 Å². The van der Waals surface area contributed by atoms with Gasteiger partial charge in [0.15, 0.2) is 17.5 Å². The van der Waals surface area contributed by atoms with Crippen molar-refractivity contribution in [3.8, 4) is 0 Å². The van der Waals surface area contributed by atoms with Gasteiger partial charge >= 0.3 is 0 Å². The molecule has 0 spiro atoms. The van der Waals surface area contributed by atoms with Crippen LogP contribution in [0.4, 0.5) is 18.9 Å². The summed E-state index contributed by atoms with van der Waals surface area (Å²) in [6.45, 7) is 4.06. The Morgan fingerprint density at radius 2 is 1.82 bits per heavy atom. The Bertz CT molecular complexity index is 821. The minimum atomic E-state index is -1.57. The highest BCUT2D eigenvalue weighted by Gasteiger charge is 2.25. The molecule has 2 unspecified atom stereocenters. The van der Waals surface area contributed by atoms with Crippen LogP contribution < -0.4 is 11.1 Å². The first-order valence-electron chi connectivity index (χ1n) is 9.24. The predicted molar refractivity (Wildman–Crippen MR) is 108 cm³/mol. The summed E-state index contributed by atoms with van der Waals surface area (Å²) in [6, 6.07) is 6.77. The van der Waals surface area contributed by atoms with Gasteiger partial charge in [-0.05, 0) is 49.8 Å². The van der Waals surface area contributed by atoms with E-state index >= 15 is 0 Å². The number of halogens is 3. The molecule has 1 saturated carbocycles. The summed E-state index contributed by atoms with van der Waals surface area (Å²) < 4.78 is 38.9. The lowest BCUT2D eigenvalue weighted by atomic mass is 9.78. The molecule has 0 saturated heterocycles. The molecule has 3 N–H and O–H groups in total. The Labute approximate surface area is 168 Å². The quantitative estimate of drug-likeness (QED) is 0.462. The van der Waals surface area contributed by atoms with Crippen LogP contribution in [0.2, 0.25) is 0 Å². The summed E-state index contributed by atoms with van der Waals surface area (Å²) in [7, 11) is 0. The van der Waals surface area contributed by atoms with Crippen LogP contribution in [0, 0.1) is 30.3 Å². The molecule has 2 aromatic rings. The smallest absolute Gasteiger partial charge is 0.255 e. The molecule has 1 aliphatic carbocycles. The second kappa shape index (κ2) is 9.98. The van der Waals surface area contributed by atoms with Gasteiger partial charge in [0.25, 0.3) is 5.91 Å². The van der Waals surface area contributed by atoms with Crippen molar-refractivity contribution in [2.24, 2.45) is 11.7 Å². The van der Waals surface area contributed by atoms with Gasteiger partial charge in [-0.3, -0.25) is 4.79 Å². The van der Waals surface area contributed by atoms with Crippen LogP contribution in [0.5, 0.6) is 0 Å². The van der Waals surface area contributed by atoms with Crippen molar-refractivity contribution in [3.05, 3.63) is 58.9 Å². The lowest BCUT2D eigenvalue weighted by Crippen LogP contribution is -2.38. The van der Waals surface area contributed by atoms with Gasteiger partial charge in [-0.25, -0.2) is 13.2 Å². The third kappa shape index (κ3) is 5.75. The minimum absolute atomic E-state index is 0.160. The maximum atomic E-state index is 13.0. The van der Waals surface area contributed by atoms with Gasteiger partial charge in [-0.15, -0.1) is 12.6 Å². The van der Waals surface area contributed by atoms with E-state index in [2.05, 4.69) is 24.9 Å². The fourth-order valence-corrected chi connectivity index (χ4v) is 3.12. The highest BCUT2D eigenvalue weighted by atomic mass is 32.1. The third-order valence-corrected chi connectivity index (χ3v) is 5.33. The van der Waals surface area contributed by atoms with Gasteiger partial charge in [0.1, 0.15) is 0 Å². The summed E-state index contributed by atoms with van der Waals surface area (Å²) in [5.74, 6) is -3.99. The van der Waals surface area contributed by atoms with Crippen molar-refractivity contribution in [1.82, 2.24) is 0 Å². The maximum absolute atomic E-state index is 13.0. The number of carbonyl (C=O) groups is 1. The number of carbonyl (C=O) groups excluding carboxylic acids is 1. The molecule has 0 aromatic heterocycles. The van der Waals surface area contributed by atoms with Crippen LogP contribution in [0.15, 0.2) is 35.2 Å². The highest BCUT2D eigenvalue weighted by Crippen LogP contribution is 2.29. The maximum Gasteiger partial charge on any atom is 0.255 e. The van der Waals surface area contributed by atoms with E-state index in [0.29, 0.717) is 23.1 Å². The first-order chi connectivity index (χ1) is 13.2. The number of anilines is 1. The number of benzene rings is 2. The third-order valence-electron chi connectivity index (χ3n) is 4.85. The van der Waals surface area contributed by atoms with E-state index in [9.17, 15) is 18.0 Å². The molecule has 0 heterocycles. The summed E-state index contributed by atoms with van der Waals surface area (Å²) in [5.41, 5.74) is 6.72. The molecule has 1 amide bonds. The van der Waals surface area contributed by atoms with Crippen molar-refractivity contribution in [2.75, 3.05) is 5.32 Å². The molecular weight excluding hydrogens is 385 g/mol. The first-order valence-corrected chi connectivity index (χ1v) is 9.68. The number of thiol groups is 1. The molecule has 0 bridgehead atoms. The van der Waals surface area contributed by atoms with E-state index in [1.165, 1.54) is 31.7 Å². The molecule has 0 aliphatic heterocycles. The topological polar surface area (TPSA) is 55.1 Å². The number of hydrogen-bond acceptors (Lipinski definition) is 3. The van der Waals surface area contributed by atoms with Crippen LogP contribution in [0.3, 0.4) is 0 Å². The Hall–Kier alpha value is -1.99.